The van der Waals surface area contributed by atoms with Gasteiger partial charge in [0.15, 0.2) is 0 Å². The topological polar surface area (TPSA) is 62.5 Å². The maximum absolute atomic E-state index is 12.6. The van der Waals surface area contributed by atoms with Gasteiger partial charge in [0.25, 0.3) is 0 Å². The minimum absolute atomic E-state index is 0.127. The van der Waals surface area contributed by atoms with Gasteiger partial charge in [-0.15, -0.1) is 0 Å². The van der Waals surface area contributed by atoms with Crippen LogP contribution in [-0.4, -0.2) is 28.7 Å². The van der Waals surface area contributed by atoms with Crippen molar-refractivity contribution in [1.82, 2.24) is 4.57 Å². The molecule has 2 heterocycles. The highest BCUT2D eigenvalue weighted by molar-refractivity contribution is 5.95. The standard InChI is InChI=1S/C20H24N2O3/c1-12-4-3-9-21(10-12)17-8-7-15-18(13(17)2)22(14-5-6-14)11-16(19(15)23)20(24)25/h7-8,11-12,14H,3-6,9-10H2,1-2H3,(H,24,25). The number of benzene rings is 1. The number of carboxylic acid groups (broad SMARTS) is 1. The van der Waals surface area contributed by atoms with E-state index in [0.717, 1.165) is 37.0 Å². The summed E-state index contributed by atoms with van der Waals surface area (Å²) in [4.78, 5) is 26.5. The van der Waals surface area contributed by atoms with Gasteiger partial charge in [-0.25, -0.2) is 4.79 Å². The van der Waals surface area contributed by atoms with E-state index < -0.39 is 5.97 Å². The van der Waals surface area contributed by atoms with Crippen LogP contribution in [0, 0.1) is 12.8 Å². The quantitative estimate of drug-likeness (QED) is 0.928. The van der Waals surface area contributed by atoms with Gasteiger partial charge in [-0.05, 0) is 56.2 Å². The Morgan fingerprint density at radius 1 is 1.24 bits per heavy atom. The number of pyridine rings is 1. The zero-order valence-corrected chi connectivity index (χ0v) is 14.8. The molecule has 1 aromatic heterocycles. The molecule has 1 saturated heterocycles. The predicted molar refractivity (Wildman–Crippen MR) is 98.8 cm³/mol. The van der Waals surface area contributed by atoms with Gasteiger partial charge < -0.3 is 14.6 Å². The number of rotatable bonds is 3. The molecule has 0 bridgehead atoms. The molecule has 5 heteroatoms. The van der Waals surface area contributed by atoms with Crippen molar-refractivity contribution in [3.63, 3.8) is 0 Å². The van der Waals surface area contributed by atoms with Crippen molar-refractivity contribution in [2.24, 2.45) is 5.92 Å². The van der Waals surface area contributed by atoms with E-state index >= 15 is 0 Å². The minimum atomic E-state index is -1.15. The summed E-state index contributed by atoms with van der Waals surface area (Å²) in [7, 11) is 0. The summed E-state index contributed by atoms with van der Waals surface area (Å²) in [5.41, 5.74) is 2.68. The van der Waals surface area contributed by atoms with Gasteiger partial charge in [-0.1, -0.05) is 6.92 Å². The van der Waals surface area contributed by atoms with E-state index in [0.29, 0.717) is 17.3 Å². The second kappa shape index (κ2) is 5.90. The molecule has 4 rings (SSSR count). The molecule has 2 aliphatic rings. The number of piperidine rings is 1. The minimum Gasteiger partial charge on any atom is -0.477 e. The summed E-state index contributed by atoms with van der Waals surface area (Å²) in [6.45, 7) is 6.42. The van der Waals surface area contributed by atoms with Crippen LogP contribution in [0.4, 0.5) is 5.69 Å². The van der Waals surface area contributed by atoms with Crippen LogP contribution in [0.5, 0.6) is 0 Å². The third-order valence-corrected chi connectivity index (χ3v) is 5.59. The normalized spacial score (nSPS) is 20.9. The zero-order valence-electron chi connectivity index (χ0n) is 14.8. The molecule has 0 spiro atoms. The molecule has 1 aliphatic heterocycles. The SMILES string of the molecule is Cc1c(N2CCCC(C)C2)ccc2c(=O)c(C(=O)O)cn(C3CC3)c12. The van der Waals surface area contributed by atoms with Crippen LogP contribution in [0.25, 0.3) is 10.9 Å². The van der Waals surface area contributed by atoms with E-state index in [1.807, 2.05) is 16.7 Å². The van der Waals surface area contributed by atoms with Crippen LogP contribution in [-0.2, 0) is 0 Å². The lowest BCUT2D eigenvalue weighted by Gasteiger charge is -2.34. The summed E-state index contributed by atoms with van der Waals surface area (Å²) in [6, 6.07) is 4.14. The van der Waals surface area contributed by atoms with Gasteiger partial charge in [-0.2, -0.15) is 0 Å². The Morgan fingerprint density at radius 3 is 2.64 bits per heavy atom. The number of carbonyl (C=O) groups is 1. The highest BCUT2D eigenvalue weighted by atomic mass is 16.4. The van der Waals surface area contributed by atoms with Gasteiger partial charge >= 0.3 is 5.97 Å². The second-order valence-corrected chi connectivity index (χ2v) is 7.61. The Hall–Kier alpha value is -2.30. The lowest BCUT2D eigenvalue weighted by Crippen LogP contribution is -2.34. The lowest BCUT2D eigenvalue weighted by atomic mass is 9.98. The number of hydrogen-bond acceptors (Lipinski definition) is 3. The number of aryl methyl sites for hydroxylation is 1. The van der Waals surface area contributed by atoms with Crippen molar-refractivity contribution in [1.29, 1.82) is 0 Å². The molecule has 0 amide bonds. The Morgan fingerprint density at radius 2 is 2.00 bits per heavy atom. The maximum Gasteiger partial charge on any atom is 0.341 e. The molecular weight excluding hydrogens is 316 g/mol. The number of aromatic nitrogens is 1. The summed E-state index contributed by atoms with van der Waals surface area (Å²) < 4.78 is 2.03. The van der Waals surface area contributed by atoms with E-state index in [2.05, 4.69) is 18.7 Å². The molecule has 1 atom stereocenters. The van der Waals surface area contributed by atoms with E-state index in [1.165, 1.54) is 18.5 Å². The molecule has 2 fully saturated rings. The van der Waals surface area contributed by atoms with E-state index in [9.17, 15) is 14.7 Å². The van der Waals surface area contributed by atoms with Gasteiger partial charge in [0.05, 0.1) is 5.52 Å². The first-order valence-electron chi connectivity index (χ1n) is 9.14. The summed E-state index contributed by atoms with van der Waals surface area (Å²) in [5.74, 6) is -0.475. The first kappa shape index (κ1) is 16.2. The van der Waals surface area contributed by atoms with Crippen LogP contribution < -0.4 is 10.3 Å². The van der Waals surface area contributed by atoms with Crippen LogP contribution in [0.2, 0.25) is 0 Å². The average Bonchev–Trinajstić information content (AvgIpc) is 3.40. The van der Waals surface area contributed by atoms with Crippen molar-refractivity contribution in [3.8, 4) is 0 Å². The molecule has 1 aromatic carbocycles. The fraction of sp³-hybridized carbons (Fsp3) is 0.500. The molecule has 2 aromatic rings. The summed E-state index contributed by atoms with van der Waals surface area (Å²) in [6.07, 6.45) is 6.09. The summed E-state index contributed by atoms with van der Waals surface area (Å²) >= 11 is 0. The molecule has 1 saturated carbocycles. The Balaban J connectivity index is 1.94. The number of fused-ring (bicyclic) bond motifs is 1. The predicted octanol–water partition coefficient (Wildman–Crippen LogP) is 3.58. The summed E-state index contributed by atoms with van der Waals surface area (Å²) in [5, 5.41) is 9.91. The molecule has 5 nitrogen and oxygen atoms in total. The fourth-order valence-corrected chi connectivity index (χ4v) is 4.16. The average molecular weight is 340 g/mol. The Kier molecular flexibility index (Phi) is 3.82. The van der Waals surface area contributed by atoms with Crippen LogP contribution in [0.1, 0.15) is 54.6 Å². The number of carboxylic acids is 1. The highest BCUT2D eigenvalue weighted by Gasteiger charge is 2.28. The second-order valence-electron chi connectivity index (χ2n) is 7.61. The number of hydrogen-bond donors (Lipinski definition) is 1. The third-order valence-electron chi connectivity index (χ3n) is 5.59. The van der Waals surface area contributed by atoms with Gasteiger partial charge in [-0.3, -0.25) is 4.79 Å². The van der Waals surface area contributed by atoms with Gasteiger partial charge in [0, 0.05) is 36.4 Å². The van der Waals surface area contributed by atoms with E-state index in [-0.39, 0.29) is 11.0 Å². The highest BCUT2D eigenvalue weighted by Crippen LogP contribution is 2.39. The lowest BCUT2D eigenvalue weighted by molar-refractivity contribution is 0.0695. The van der Waals surface area contributed by atoms with Crippen LogP contribution in [0.3, 0.4) is 0 Å². The molecule has 0 radical (unpaired) electrons. The van der Waals surface area contributed by atoms with Gasteiger partial charge in [0.1, 0.15) is 5.56 Å². The first-order valence-corrected chi connectivity index (χ1v) is 9.14. The molecule has 1 aliphatic carbocycles. The van der Waals surface area contributed by atoms with E-state index in [1.54, 1.807) is 6.20 Å². The molecular formula is C20H24N2O3. The fourth-order valence-electron chi connectivity index (χ4n) is 4.16. The number of anilines is 1. The maximum atomic E-state index is 12.6. The van der Waals surface area contributed by atoms with Gasteiger partial charge in [0.2, 0.25) is 5.43 Å². The van der Waals surface area contributed by atoms with Crippen LogP contribution >= 0.6 is 0 Å². The number of aromatic carboxylic acids is 1. The van der Waals surface area contributed by atoms with Crippen molar-refractivity contribution < 1.29 is 9.90 Å². The smallest absolute Gasteiger partial charge is 0.341 e. The Labute approximate surface area is 146 Å². The Bertz CT molecular complexity index is 911. The molecule has 132 valence electrons. The van der Waals surface area contributed by atoms with E-state index in [4.69, 9.17) is 0 Å². The van der Waals surface area contributed by atoms with Crippen molar-refractivity contribution in [3.05, 3.63) is 39.7 Å². The third kappa shape index (κ3) is 2.71. The number of nitrogens with zero attached hydrogens (tertiary/aromatic N) is 2. The largest absolute Gasteiger partial charge is 0.477 e. The monoisotopic (exact) mass is 340 g/mol. The molecule has 25 heavy (non-hydrogen) atoms. The first-order chi connectivity index (χ1) is 12.0. The van der Waals surface area contributed by atoms with Crippen molar-refractivity contribution >= 4 is 22.6 Å². The molecule has 1 unspecified atom stereocenters. The van der Waals surface area contributed by atoms with Crippen LogP contribution in [0.15, 0.2) is 23.1 Å². The molecule has 1 N–H and O–H groups in total. The van der Waals surface area contributed by atoms with Crippen molar-refractivity contribution in [2.45, 2.75) is 45.6 Å². The van der Waals surface area contributed by atoms with Crippen molar-refractivity contribution in [2.75, 3.05) is 18.0 Å². The zero-order chi connectivity index (χ0) is 17.7.